The van der Waals surface area contributed by atoms with Crippen molar-refractivity contribution in [2.45, 2.75) is 11.8 Å². The Morgan fingerprint density at radius 3 is 1.87 bits per heavy atom. The summed E-state index contributed by atoms with van der Waals surface area (Å²) in [6.07, 6.45) is 0. The lowest BCUT2D eigenvalue weighted by Crippen LogP contribution is -2.17. The molecule has 2 rings (SSSR count). The van der Waals surface area contributed by atoms with Crippen molar-refractivity contribution in [3.05, 3.63) is 71.4 Å². The number of pyridine rings is 1. The van der Waals surface area contributed by atoms with Crippen LogP contribution in [0.15, 0.2) is 75.4 Å². The molecular weight excluding hydrogens is 552 g/mol. The molecule has 12 nitrogen and oxygen atoms in total. The van der Waals surface area contributed by atoms with E-state index >= 15 is 0 Å². The number of hydrogen-bond acceptors (Lipinski definition) is 12. The normalized spacial score (nSPS) is 12.0. The SMILES string of the molecule is C=CS(=O)(=O)CCNc1nc(NCCS(=O)(=O)C=C)c(N=Nc2ccc(S(=O)(=O)C=C)cc2)c(C)c1C#N. The van der Waals surface area contributed by atoms with E-state index in [0.29, 0.717) is 11.3 Å². The number of nitriles is 1. The highest BCUT2D eigenvalue weighted by atomic mass is 32.2. The molecule has 0 aliphatic carbocycles. The molecule has 1 aromatic heterocycles. The third-order valence-corrected chi connectivity index (χ3v) is 8.97. The summed E-state index contributed by atoms with van der Waals surface area (Å²) in [5.74, 6) is -0.435. The summed E-state index contributed by atoms with van der Waals surface area (Å²) in [6.45, 7) is 11.2. The van der Waals surface area contributed by atoms with Gasteiger partial charge in [-0.2, -0.15) is 10.4 Å². The van der Waals surface area contributed by atoms with Crippen molar-refractivity contribution in [1.29, 1.82) is 5.26 Å². The molecule has 0 radical (unpaired) electrons. The van der Waals surface area contributed by atoms with Gasteiger partial charge in [0.05, 0.1) is 27.7 Å². The first kappa shape index (κ1) is 30.4. The molecule has 0 bridgehead atoms. The van der Waals surface area contributed by atoms with Gasteiger partial charge in [0.2, 0.25) is 0 Å². The molecule has 0 saturated carbocycles. The van der Waals surface area contributed by atoms with Gasteiger partial charge in [-0.25, -0.2) is 30.2 Å². The molecular formula is C23H26N6O6S3. The van der Waals surface area contributed by atoms with Gasteiger partial charge in [-0.1, -0.05) is 19.7 Å². The number of azo groups is 1. The lowest BCUT2D eigenvalue weighted by atomic mass is 10.1. The maximum absolute atomic E-state index is 11.9. The zero-order chi connectivity index (χ0) is 28.6. The van der Waals surface area contributed by atoms with Gasteiger partial charge in [0.25, 0.3) is 0 Å². The summed E-state index contributed by atoms with van der Waals surface area (Å²) < 4.78 is 70.9. The fraction of sp³-hybridized carbons (Fsp3) is 0.217. The minimum Gasteiger partial charge on any atom is -0.368 e. The van der Waals surface area contributed by atoms with E-state index in [4.69, 9.17) is 0 Å². The van der Waals surface area contributed by atoms with Crippen LogP contribution in [0, 0.1) is 18.3 Å². The standard InChI is InChI=1S/C23H26N6O6S3/c1-5-36(30,31)14-12-25-22-20(16-24)17(4)21(23(27-22)26-13-15-37(32,33)6-2)29-28-18-8-10-19(11-9-18)38(34,35)7-3/h5-11H,1-3,12-15H2,4H3,(H2,25,26,27). The van der Waals surface area contributed by atoms with Crippen molar-refractivity contribution in [2.75, 3.05) is 35.2 Å². The van der Waals surface area contributed by atoms with Crippen LogP contribution in [0.3, 0.4) is 0 Å². The molecule has 1 heterocycles. The van der Waals surface area contributed by atoms with Crippen LogP contribution in [0.2, 0.25) is 0 Å². The van der Waals surface area contributed by atoms with Gasteiger partial charge in [-0.05, 0) is 31.2 Å². The van der Waals surface area contributed by atoms with Gasteiger partial charge < -0.3 is 10.6 Å². The minimum absolute atomic E-state index is 0.0238. The Morgan fingerprint density at radius 2 is 1.39 bits per heavy atom. The molecule has 0 atom stereocenters. The first-order valence-electron chi connectivity index (χ1n) is 10.8. The van der Waals surface area contributed by atoms with Crippen LogP contribution in [0.4, 0.5) is 23.0 Å². The Hall–Kier alpha value is -3.87. The predicted octanol–water partition coefficient (Wildman–Crippen LogP) is 3.53. The maximum atomic E-state index is 11.9. The summed E-state index contributed by atoms with van der Waals surface area (Å²) in [5, 5.41) is 26.2. The van der Waals surface area contributed by atoms with Crippen LogP contribution in [-0.2, 0) is 29.5 Å². The van der Waals surface area contributed by atoms with Gasteiger partial charge in [0, 0.05) is 34.9 Å². The second-order valence-corrected chi connectivity index (χ2v) is 13.6. The van der Waals surface area contributed by atoms with Crippen molar-refractivity contribution in [3.63, 3.8) is 0 Å². The van der Waals surface area contributed by atoms with E-state index in [-0.39, 0.29) is 52.4 Å². The van der Waals surface area contributed by atoms with E-state index < -0.39 is 29.5 Å². The number of benzene rings is 1. The highest BCUT2D eigenvalue weighted by molar-refractivity contribution is 7.94. The summed E-state index contributed by atoms with van der Waals surface area (Å²) >= 11 is 0. The molecule has 38 heavy (non-hydrogen) atoms. The van der Waals surface area contributed by atoms with Gasteiger partial charge >= 0.3 is 0 Å². The van der Waals surface area contributed by atoms with Crippen molar-refractivity contribution in [2.24, 2.45) is 10.2 Å². The summed E-state index contributed by atoms with van der Waals surface area (Å²) in [4.78, 5) is 4.36. The van der Waals surface area contributed by atoms with Crippen LogP contribution < -0.4 is 10.6 Å². The average Bonchev–Trinajstić information content (AvgIpc) is 2.88. The molecule has 1 aromatic carbocycles. The molecule has 202 valence electrons. The van der Waals surface area contributed by atoms with Crippen molar-refractivity contribution in [3.8, 4) is 6.07 Å². The van der Waals surface area contributed by atoms with Crippen molar-refractivity contribution < 1.29 is 25.3 Å². The Labute approximate surface area is 222 Å². The fourth-order valence-corrected chi connectivity index (χ4v) is 4.72. The summed E-state index contributed by atoms with van der Waals surface area (Å²) in [7, 11) is -10.6. The minimum atomic E-state index is -3.62. The van der Waals surface area contributed by atoms with E-state index in [1.165, 1.54) is 24.3 Å². The average molecular weight is 579 g/mol. The predicted molar refractivity (Wildman–Crippen MR) is 147 cm³/mol. The summed E-state index contributed by atoms with van der Waals surface area (Å²) in [5.41, 5.74) is 0.833. The van der Waals surface area contributed by atoms with Crippen LogP contribution >= 0.6 is 0 Å². The van der Waals surface area contributed by atoms with E-state index in [2.05, 4.69) is 45.6 Å². The highest BCUT2D eigenvalue weighted by Gasteiger charge is 2.19. The monoisotopic (exact) mass is 578 g/mol. The molecule has 0 amide bonds. The summed E-state index contributed by atoms with van der Waals surface area (Å²) in [6, 6.07) is 7.52. The highest BCUT2D eigenvalue weighted by Crippen LogP contribution is 2.35. The molecule has 15 heteroatoms. The maximum Gasteiger partial charge on any atom is 0.199 e. The van der Waals surface area contributed by atoms with Gasteiger partial charge in [0.15, 0.2) is 35.3 Å². The molecule has 0 aliphatic rings. The Morgan fingerprint density at radius 1 is 0.868 bits per heavy atom. The third-order valence-electron chi connectivity index (χ3n) is 5.04. The van der Waals surface area contributed by atoms with E-state index in [9.17, 15) is 30.5 Å². The molecule has 0 aliphatic heterocycles. The number of rotatable bonds is 14. The first-order valence-corrected chi connectivity index (χ1v) is 15.8. The number of nitrogens with one attached hydrogen (secondary N) is 2. The number of sulfone groups is 3. The fourth-order valence-electron chi connectivity index (χ4n) is 2.90. The lowest BCUT2D eigenvalue weighted by Gasteiger charge is -2.15. The van der Waals surface area contributed by atoms with E-state index in [1.807, 2.05) is 6.07 Å². The Kier molecular flexibility index (Phi) is 10.1. The van der Waals surface area contributed by atoms with E-state index in [0.717, 1.165) is 16.2 Å². The van der Waals surface area contributed by atoms with Crippen LogP contribution in [0.1, 0.15) is 11.1 Å². The molecule has 0 saturated heterocycles. The molecule has 2 aromatic rings. The zero-order valence-corrected chi connectivity index (χ0v) is 22.9. The van der Waals surface area contributed by atoms with Crippen LogP contribution in [0.5, 0.6) is 0 Å². The van der Waals surface area contributed by atoms with Crippen molar-refractivity contribution >= 4 is 52.5 Å². The largest absolute Gasteiger partial charge is 0.368 e. The Bertz CT molecular complexity index is 1620. The molecule has 0 fully saturated rings. The number of anilines is 2. The second-order valence-electron chi connectivity index (χ2n) is 7.60. The quantitative estimate of drug-likeness (QED) is 0.314. The van der Waals surface area contributed by atoms with Gasteiger partial charge in [-0.15, -0.1) is 5.11 Å². The number of hydrogen-bond donors (Lipinski definition) is 2. The second kappa shape index (κ2) is 12.6. The molecule has 2 N–H and O–H groups in total. The van der Waals surface area contributed by atoms with Crippen LogP contribution in [0.25, 0.3) is 0 Å². The zero-order valence-electron chi connectivity index (χ0n) is 20.5. The lowest BCUT2D eigenvalue weighted by molar-refractivity contribution is 0.603. The van der Waals surface area contributed by atoms with Crippen molar-refractivity contribution in [1.82, 2.24) is 4.98 Å². The number of nitrogens with zero attached hydrogens (tertiary/aromatic N) is 4. The molecule has 0 spiro atoms. The topological polar surface area (TPSA) is 188 Å². The Balaban J connectivity index is 2.49. The molecule has 0 unspecified atom stereocenters. The van der Waals surface area contributed by atoms with Crippen LogP contribution in [-0.4, -0.2) is 54.8 Å². The third kappa shape index (κ3) is 8.07. The van der Waals surface area contributed by atoms with E-state index in [1.54, 1.807) is 6.92 Å². The van der Waals surface area contributed by atoms with Gasteiger partial charge in [-0.3, -0.25) is 0 Å². The van der Waals surface area contributed by atoms with Gasteiger partial charge in [0.1, 0.15) is 17.6 Å². The number of aromatic nitrogens is 1. The smallest absolute Gasteiger partial charge is 0.199 e. The first-order chi connectivity index (χ1) is 17.8.